The maximum absolute atomic E-state index is 12.8. The highest BCUT2D eigenvalue weighted by Crippen LogP contribution is 2.29. The zero-order chi connectivity index (χ0) is 20.8. The Labute approximate surface area is 170 Å². The summed E-state index contributed by atoms with van der Waals surface area (Å²) in [7, 11) is 1.69. The van der Waals surface area contributed by atoms with Gasteiger partial charge in [-0.15, -0.1) is 10.2 Å². The van der Waals surface area contributed by atoms with Crippen molar-refractivity contribution in [2.75, 3.05) is 20.3 Å². The Bertz CT molecular complexity index is 966. The minimum Gasteiger partial charge on any atom is -0.490 e. The molecule has 1 aromatic heterocycles. The summed E-state index contributed by atoms with van der Waals surface area (Å²) >= 11 is 0. The molecular formula is C22H25N3O4. The highest BCUT2D eigenvalue weighted by Gasteiger charge is 2.18. The Morgan fingerprint density at radius 2 is 1.69 bits per heavy atom. The number of nitrogens with zero attached hydrogens (tertiary/aromatic N) is 3. The highest BCUT2D eigenvalue weighted by atomic mass is 16.5. The standard InChI is InChI=1S/C22H25N3O4/c1-5-27-18-12-11-17(13-19(18)28-6-2)22(26)25(4)14-20-23-24-21(29-20)16-9-7-15(3)8-10-16/h7-13H,5-6,14H2,1-4H3. The summed E-state index contributed by atoms with van der Waals surface area (Å²) in [5.41, 5.74) is 2.49. The Kier molecular flexibility index (Phi) is 6.49. The van der Waals surface area contributed by atoms with E-state index in [1.54, 1.807) is 25.2 Å². The van der Waals surface area contributed by atoms with Gasteiger partial charge in [0.1, 0.15) is 0 Å². The maximum Gasteiger partial charge on any atom is 0.254 e. The van der Waals surface area contributed by atoms with Crippen molar-refractivity contribution in [2.24, 2.45) is 0 Å². The highest BCUT2D eigenvalue weighted by molar-refractivity contribution is 5.94. The van der Waals surface area contributed by atoms with Gasteiger partial charge in [-0.2, -0.15) is 0 Å². The van der Waals surface area contributed by atoms with Gasteiger partial charge in [0.25, 0.3) is 5.91 Å². The lowest BCUT2D eigenvalue weighted by Crippen LogP contribution is -2.26. The van der Waals surface area contributed by atoms with E-state index < -0.39 is 0 Å². The minimum absolute atomic E-state index is 0.177. The molecule has 0 spiro atoms. The van der Waals surface area contributed by atoms with E-state index in [1.165, 1.54) is 4.90 Å². The molecule has 1 amide bonds. The van der Waals surface area contributed by atoms with Crippen molar-refractivity contribution in [3.05, 3.63) is 59.5 Å². The number of aryl methyl sites for hydroxylation is 1. The molecule has 3 aromatic rings. The summed E-state index contributed by atoms with van der Waals surface area (Å²) in [6, 6.07) is 13.0. The van der Waals surface area contributed by atoms with Crippen LogP contribution in [0.15, 0.2) is 46.9 Å². The first-order chi connectivity index (χ1) is 14.0. The number of amides is 1. The molecule has 2 aromatic carbocycles. The Morgan fingerprint density at radius 1 is 1.00 bits per heavy atom. The average Bonchev–Trinajstić information content (AvgIpc) is 3.18. The number of ether oxygens (including phenoxy) is 2. The van der Waals surface area contributed by atoms with E-state index in [4.69, 9.17) is 13.9 Å². The van der Waals surface area contributed by atoms with E-state index >= 15 is 0 Å². The van der Waals surface area contributed by atoms with Crippen LogP contribution in [0, 0.1) is 6.92 Å². The maximum atomic E-state index is 12.8. The van der Waals surface area contributed by atoms with Gasteiger partial charge < -0.3 is 18.8 Å². The van der Waals surface area contributed by atoms with E-state index in [9.17, 15) is 4.79 Å². The summed E-state index contributed by atoms with van der Waals surface area (Å²) in [5.74, 6) is 1.79. The molecule has 0 unspecified atom stereocenters. The lowest BCUT2D eigenvalue weighted by molar-refractivity contribution is 0.0772. The zero-order valence-corrected chi connectivity index (χ0v) is 17.1. The second-order valence-electron chi connectivity index (χ2n) is 6.56. The van der Waals surface area contributed by atoms with Crippen molar-refractivity contribution in [3.8, 4) is 23.0 Å². The van der Waals surface area contributed by atoms with Gasteiger partial charge in [0.05, 0.1) is 19.8 Å². The number of carbonyl (C=O) groups excluding carboxylic acids is 1. The molecule has 7 heteroatoms. The molecule has 0 bridgehead atoms. The van der Waals surface area contributed by atoms with Crippen molar-refractivity contribution in [1.29, 1.82) is 0 Å². The predicted octanol–water partition coefficient (Wildman–Crippen LogP) is 4.11. The fourth-order valence-electron chi connectivity index (χ4n) is 2.81. The van der Waals surface area contributed by atoms with Crippen molar-refractivity contribution in [1.82, 2.24) is 15.1 Å². The third kappa shape index (κ3) is 4.93. The molecular weight excluding hydrogens is 370 g/mol. The van der Waals surface area contributed by atoms with Crippen LogP contribution in [0.25, 0.3) is 11.5 Å². The van der Waals surface area contributed by atoms with Gasteiger partial charge in [-0.3, -0.25) is 4.79 Å². The van der Waals surface area contributed by atoms with Crippen LogP contribution in [-0.4, -0.2) is 41.3 Å². The van der Waals surface area contributed by atoms with Crippen LogP contribution in [0.5, 0.6) is 11.5 Å². The first kappa shape index (κ1) is 20.4. The van der Waals surface area contributed by atoms with Crippen molar-refractivity contribution in [3.63, 3.8) is 0 Å². The van der Waals surface area contributed by atoms with Crippen molar-refractivity contribution < 1.29 is 18.7 Å². The second-order valence-corrected chi connectivity index (χ2v) is 6.56. The van der Waals surface area contributed by atoms with Crippen LogP contribution >= 0.6 is 0 Å². The van der Waals surface area contributed by atoms with E-state index in [2.05, 4.69) is 10.2 Å². The molecule has 0 atom stereocenters. The normalized spacial score (nSPS) is 10.6. The zero-order valence-electron chi connectivity index (χ0n) is 17.1. The minimum atomic E-state index is -0.177. The number of rotatable bonds is 8. The third-order valence-corrected chi connectivity index (χ3v) is 4.27. The molecule has 152 valence electrons. The van der Waals surface area contributed by atoms with Gasteiger partial charge in [-0.25, -0.2) is 0 Å². The molecule has 0 aliphatic carbocycles. The van der Waals surface area contributed by atoms with Gasteiger partial charge in [-0.1, -0.05) is 17.7 Å². The fraction of sp³-hybridized carbons (Fsp3) is 0.318. The van der Waals surface area contributed by atoms with Gasteiger partial charge >= 0.3 is 0 Å². The molecule has 7 nitrogen and oxygen atoms in total. The number of hydrogen-bond acceptors (Lipinski definition) is 6. The first-order valence-corrected chi connectivity index (χ1v) is 9.56. The van der Waals surface area contributed by atoms with Crippen LogP contribution in [-0.2, 0) is 6.54 Å². The second kappa shape index (κ2) is 9.23. The lowest BCUT2D eigenvalue weighted by atomic mass is 10.1. The van der Waals surface area contributed by atoms with Crippen LogP contribution in [0.1, 0.15) is 35.7 Å². The van der Waals surface area contributed by atoms with Gasteiger partial charge in [0, 0.05) is 18.2 Å². The molecule has 0 fully saturated rings. The number of carbonyl (C=O) groups is 1. The molecule has 1 heterocycles. The largest absolute Gasteiger partial charge is 0.490 e. The number of aromatic nitrogens is 2. The van der Waals surface area contributed by atoms with Gasteiger partial charge in [-0.05, 0) is 51.1 Å². The molecule has 0 aliphatic rings. The first-order valence-electron chi connectivity index (χ1n) is 9.56. The average molecular weight is 395 g/mol. The number of hydrogen-bond donors (Lipinski definition) is 0. The molecule has 0 aliphatic heterocycles. The predicted molar refractivity (Wildman–Crippen MR) is 109 cm³/mol. The molecule has 29 heavy (non-hydrogen) atoms. The van der Waals surface area contributed by atoms with E-state index in [0.717, 1.165) is 11.1 Å². The Morgan fingerprint density at radius 3 is 2.38 bits per heavy atom. The summed E-state index contributed by atoms with van der Waals surface area (Å²) in [6.07, 6.45) is 0. The van der Waals surface area contributed by atoms with Gasteiger partial charge in [0.2, 0.25) is 11.8 Å². The van der Waals surface area contributed by atoms with E-state index in [1.807, 2.05) is 45.0 Å². The van der Waals surface area contributed by atoms with Crippen molar-refractivity contribution >= 4 is 5.91 Å². The fourth-order valence-corrected chi connectivity index (χ4v) is 2.81. The van der Waals surface area contributed by atoms with E-state index in [-0.39, 0.29) is 12.5 Å². The van der Waals surface area contributed by atoms with Crippen LogP contribution in [0.2, 0.25) is 0 Å². The monoisotopic (exact) mass is 395 g/mol. The van der Waals surface area contributed by atoms with Crippen LogP contribution in [0.4, 0.5) is 0 Å². The summed E-state index contributed by atoms with van der Waals surface area (Å²) in [6.45, 7) is 7.01. The Balaban J connectivity index is 1.72. The summed E-state index contributed by atoms with van der Waals surface area (Å²) in [4.78, 5) is 14.4. The van der Waals surface area contributed by atoms with Crippen LogP contribution < -0.4 is 9.47 Å². The molecule has 0 N–H and O–H groups in total. The molecule has 0 saturated heterocycles. The SMILES string of the molecule is CCOc1ccc(C(=O)N(C)Cc2nnc(-c3ccc(C)cc3)o2)cc1OCC. The smallest absolute Gasteiger partial charge is 0.254 e. The summed E-state index contributed by atoms with van der Waals surface area (Å²) in [5, 5.41) is 8.14. The van der Waals surface area contributed by atoms with Gasteiger partial charge in [0.15, 0.2) is 11.5 Å². The van der Waals surface area contributed by atoms with E-state index in [0.29, 0.717) is 42.1 Å². The molecule has 3 rings (SSSR count). The molecule has 0 radical (unpaired) electrons. The quantitative estimate of drug-likeness (QED) is 0.571. The molecule has 0 saturated carbocycles. The Hall–Kier alpha value is -3.35. The topological polar surface area (TPSA) is 77.7 Å². The van der Waals surface area contributed by atoms with Crippen LogP contribution in [0.3, 0.4) is 0 Å². The summed E-state index contributed by atoms with van der Waals surface area (Å²) < 4.78 is 16.9. The number of benzene rings is 2. The van der Waals surface area contributed by atoms with Crippen molar-refractivity contribution in [2.45, 2.75) is 27.3 Å². The lowest BCUT2D eigenvalue weighted by Gasteiger charge is -2.17. The third-order valence-electron chi connectivity index (χ3n) is 4.27.